The topological polar surface area (TPSA) is 74.6 Å². The summed E-state index contributed by atoms with van der Waals surface area (Å²) < 4.78 is 0. The lowest BCUT2D eigenvalue weighted by atomic mass is 9.77. The first kappa shape index (κ1) is 14.3. The first-order chi connectivity index (χ1) is 6.98. The van der Waals surface area contributed by atoms with Gasteiger partial charge in [-0.15, -0.1) is 0 Å². The predicted octanol–water partition coefficient (Wildman–Crippen LogP) is 2.04. The molecule has 2 N–H and O–H groups in total. The highest BCUT2D eigenvalue weighted by molar-refractivity contribution is 7.80. The highest BCUT2D eigenvalue weighted by Crippen LogP contribution is 2.33. The maximum absolute atomic E-state index is 11.2. The van der Waals surface area contributed by atoms with Gasteiger partial charge in [0.1, 0.15) is 0 Å². The SMILES string of the molecule is CCCCC(CCS)(CC(=O)O)C(=O)O. The van der Waals surface area contributed by atoms with Crippen molar-refractivity contribution in [2.45, 2.75) is 39.0 Å². The summed E-state index contributed by atoms with van der Waals surface area (Å²) in [5.41, 5.74) is -1.14. The largest absolute Gasteiger partial charge is 0.481 e. The fourth-order valence-corrected chi connectivity index (χ4v) is 2.04. The maximum atomic E-state index is 11.2. The van der Waals surface area contributed by atoms with Gasteiger partial charge in [0.25, 0.3) is 0 Å². The summed E-state index contributed by atoms with van der Waals surface area (Å²) in [5, 5.41) is 17.9. The molecule has 0 aliphatic carbocycles. The third-order valence-corrected chi connectivity index (χ3v) is 2.77. The predicted molar refractivity (Wildman–Crippen MR) is 60.3 cm³/mol. The monoisotopic (exact) mass is 234 g/mol. The second-order valence-electron chi connectivity index (χ2n) is 3.73. The van der Waals surface area contributed by atoms with Crippen LogP contribution in [-0.4, -0.2) is 27.9 Å². The van der Waals surface area contributed by atoms with Gasteiger partial charge in [-0.1, -0.05) is 19.8 Å². The molecule has 0 spiro atoms. The normalized spacial score (nSPS) is 14.5. The molecule has 0 aromatic carbocycles. The smallest absolute Gasteiger partial charge is 0.310 e. The summed E-state index contributed by atoms with van der Waals surface area (Å²) in [6.07, 6.45) is 1.99. The molecular weight excluding hydrogens is 216 g/mol. The minimum Gasteiger partial charge on any atom is -0.481 e. The minimum atomic E-state index is -1.14. The van der Waals surface area contributed by atoms with Crippen LogP contribution in [0, 0.1) is 5.41 Å². The van der Waals surface area contributed by atoms with Gasteiger partial charge in [0, 0.05) is 0 Å². The lowest BCUT2D eigenvalue weighted by Crippen LogP contribution is -2.34. The van der Waals surface area contributed by atoms with Gasteiger partial charge in [-0.05, 0) is 18.6 Å². The highest BCUT2D eigenvalue weighted by Gasteiger charge is 2.39. The summed E-state index contributed by atoms with van der Waals surface area (Å²) in [4.78, 5) is 21.8. The molecule has 15 heavy (non-hydrogen) atoms. The third kappa shape index (κ3) is 4.55. The van der Waals surface area contributed by atoms with Crippen LogP contribution in [0.2, 0.25) is 0 Å². The van der Waals surface area contributed by atoms with Crippen LogP contribution in [-0.2, 0) is 9.59 Å². The second kappa shape index (κ2) is 6.71. The van der Waals surface area contributed by atoms with Gasteiger partial charge in [-0.25, -0.2) is 0 Å². The van der Waals surface area contributed by atoms with Crippen LogP contribution in [0.15, 0.2) is 0 Å². The molecule has 0 saturated heterocycles. The van der Waals surface area contributed by atoms with E-state index in [2.05, 4.69) is 12.6 Å². The zero-order valence-corrected chi connectivity index (χ0v) is 9.80. The second-order valence-corrected chi connectivity index (χ2v) is 4.18. The standard InChI is InChI=1S/C10H18O4S/c1-2-3-4-10(5-6-15,9(13)14)7-8(11)12/h15H,2-7H2,1H3,(H,11,12)(H,13,14). The van der Waals surface area contributed by atoms with E-state index >= 15 is 0 Å². The lowest BCUT2D eigenvalue weighted by Gasteiger charge is -2.27. The number of aliphatic carboxylic acids is 2. The fraction of sp³-hybridized carbons (Fsp3) is 0.800. The Morgan fingerprint density at radius 1 is 1.27 bits per heavy atom. The van der Waals surface area contributed by atoms with Crippen molar-refractivity contribution in [1.29, 1.82) is 0 Å². The van der Waals surface area contributed by atoms with E-state index in [0.29, 0.717) is 18.6 Å². The van der Waals surface area contributed by atoms with Gasteiger partial charge in [-0.3, -0.25) is 9.59 Å². The van der Waals surface area contributed by atoms with E-state index in [1.54, 1.807) is 0 Å². The van der Waals surface area contributed by atoms with Crippen LogP contribution in [0.4, 0.5) is 0 Å². The molecular formula is C10H18O4S. The Morgan fingerprint density at radius 2 is 1.87 bits per heavy atom. The summed E-state index contributed by atoms with van der Waals surface area (Å²) in [7, 11) is 0. The van der Waals surface area contributed by atoms with Crippen LogP contribution < -0.4 is 0 Å². The number of carboxylic acid groups (broad SMARTS) is 2. The third-order valence-electron chi connectivity index (χ3n) is 2.54. The maximum Gasteiger partial charge on any atom is 0.310 e. The molecule has 88 valence electrons. The molecule has 0 radical (unpaired) electrons. The van der Waals surface area contributed by atoms with Gasteiger partial charge >= 0.3 is 11.9 Å². The van der Waals surface area contributed by atoms with Gasteiger partial charge in [0.2, 0.25) is 0 Å². The van der Waals surface area contributed by atoms with E-state index in [1.807, 2.05) is 6.92 Å². The molecule has 1 atom stereocenters. The molecule has 0 aliphatic heterocycles. The van der Waals surface area contributed by atoms with E-state index in [-0.39, 0.29) is 6.42 Å². The zero-order valence-electron chi connectivity index (χ0n) is 8.90. The van der Waals surface area contributed by atoms with Crippen LogP contribution in [0.1, 0.15) is 39.0 Å². The number of rotatable bonds is 8. The molecule has 0 heterocycles. The first-order valence-electron chi connectivity index (χ1n) is 5.04. The quantitative estimate of drug-likeness (QED) is 0.562. The Morgan fingerprint density at radius 3 is 2.20 bits per heavy atom. The molecule has 0 aliphatic rings. The molecule has 5 heteroatoms. The van der Waals surface area contributed by atoms with Gasteiger partial charge in [-0.2, -0.15) is 12.6 Å². The van der Waals surface area contributed by atoms with E-state index in [0.717, 1.165) is 12.8 Å². The molecule has 0 saturated carbocycles. The number of thiol groups is 1. The molecule has 0 aromatic heterocycles. The van der Waals surface area contributed by atoms with Crippen molar-refractivity contribution in [2.24, 2.45) is 5.41 Å². The van der Waals surface area contributed by atoms with Crippen LogP contribution >= 0.6 is 12.6 Å². The van der Waals surface area contributed by atoms with Crippen molar-refractivity contribution in [3.8, 4) is 0 Å². The Hall–Kier alpha value is -0.710. The summed E-state index contributed by atoms with van der Waals surface area (Å²) in [5.74, 6) is -1.69. The average molecular weight is 234 g/mol. The fourth-order valence-electron chi connectivity index (χ4n) is 1.61. The van der Waals surface area contributed by atoms with Gasteiger partial charge in [0.15, 0.2) is 0 Å². The van der Waals surface area contributed by atoms with Crippen molar-refractivity contribution in [2.75, 3.05) is 5.75 Å². The molecule has 1 unspecified atom stereocenters. The van der Waals surface area contributed by atoms with Crippen LogP contribution in [0.5, 0.6) is 0 Å². The number of carbonyl (C=O) groups is 2. The Bertz CT molecular complexity index is 229. The average Bonchev–Trinajstić information content (AvgIpc) is 2.13. The number of unbranched alkanes of at least 4 members (excludes halogenated alkanes) is 1. The minimum absolute atomic E-state index is 0.303. The van der Waals surface area contributed by atoms with Crippen molar-refractivity contribution in [3.05, 3.63) is 0 Å². The van der Waals surface area contributed by atoms with Crippen molar-refractivity contribution < 1.29 is 19.8 Å². The van der Waals surface area contributed by atoms with Crippen molar-refractivity contribution in [3.63, 3.8) is 0 Å². The molecule has 0 rings (SSSR count). The summed E-state index contributed by atoms with van der Waals surface area (Å²) in [6, 6.07) is 0. The molecule has 0 bridgehead atoms. The molecule has 0 aromatic rings. The number of carboxylic acids is 2. The van der Waals surface area contributed by atoms with Gasteiger partial charge < -0.3 is 10.2 Å². The summed E-state index contributed by atoms with van der Waals surface area (Å²) in [6.45, 7) is 1.95. The van der Waals surface area contributed by atoms with Crippen LogP contribution in [0.3, 0.4) is 0 Å². The van der Waals surface area contributed by atoms with E-state index in [1.165, 1.54) is 0 Å². The Kier molecular flexibility index (Phi) is 6.40. The Balaban J connectivity index is 4.71. The first-order valence-corrected chi connectivity index (χ1v) is 5.68. The van der Waals surface area contributed by atoms with E-state index in [9.17, 15) is 9.59 Å². The number of hydrogen-bond acceptors (Lipinski definition) is 3. The van der Waals surface area contributed by atoms with Gasteiger partial charge in [0.05, 0.1) is 11.8 Å². The molecule has 0 fully saturated rings. The van der Waals surface area contributed by atoms with Crippen molar-refractivity contribution in [1.82, 2.24) is 0 Å². The number of hydrogen-bond donors (Lipinski definition) is 3. The Labute approximate surface area is 95.1 Å². The highest BCUT2D eigenvalue weighted by atomic mass is 32.1. The summed E-state index contributed by atoms with van der Waals surface area (Å²) >= 11 is 4.00. The van der Waals surface area contributed by atoms with E-state index in [4.69, 9.17) is 10.2 Å². The lowest BCUT2D eigenvalue weighted by molar-refractivity contribution is -0.156. The van der Waals surface area contributed by atoms with E-state index < -0.39 is 17.4 Å². The molecule has 0 amide bonds. The molecule has 4 nitrogen and oxygen atoms in total. The van der Waals surface area contributed by atoms with Crippen molar-refractivity contribution >= 4 is 24.6 Å². The van der Waals surface area contributed by atoms with Crippen LogP contribution in [0.25, 0.3) is 0 Å². The zero-order chi connectivity index (χ0) is 11.9.